The fourth-order valence-electron chi connectivity index (χ4n) is 2.87. The summed E-state index contributed by atoms with van der Waals surface area (Å²) in [5, 5.41) is 3.72. The van der Waals surface area contributed by atoms with E-state index in [1.54, 1.807) is 0 Å². The number of rotatable bonds is 6. The molecule has 0 fully saturated rings. The summed E-state index contributed by atoms with van der Waals surface area (Å²) in [6, 6.07) is 20.2. The van der Waals surface area contributed by atoms with Crippen molar-refractivity contribution in [2.24, 2.45) is 0 Å². The first-order valence-corrected chi connectivity index (χ1v) is 8.80. The summed E-state index contributed by atoms with van der Waals surface area (Å²) in [7, 11) is 0. The van der Waals surface area contributed by atoms with Crippen LogP contribution in [-0.2, 0) is 6.42 Å². The second-order valence-electron chi connectivity index (χ2n) is 5.88. The molecule has 0 spiro atoms. The first kappa shape index (κ1) is 14.7. The predicted molar refractivity (Wildman–Crippen MR) is 92.1 cm³/mol. The maximum Gasteiger partial charge on any atom is 0.0108 e. The molecule has 1 aliphatic rings. The number of benzene rings is 2. The fourth-order valence-corrected chi connectivity index (χ4v) is 4.13. The van der Waals surface area contributed by atoms with Crippen LogP contribution in [0.3, 0.4) is 0 Å². The third-order valence-electron chi connectivity index (χ3n) is 4.22. The van der Waals surface area contributed by atoms with Crippen LogP contribution in [0.15, 0.2) is 59.5 Å². The molecule has 1 nitrogen and oxygen atoms in total. The largest absolute Gasteiger partial charge is 0.314 e. The van der Waals surface area contributed by atoms with Gasteiger partial charge in [0, 0.05) is 29.2 Å². The van der Waals surface area contributed by atoms with Crippen LogP contribution in [0.4, 0.5) is 0 Å². The maximum atomic E-state index is 3.72. The molecule has 0 amide bonds. The van der Waals surface area contributed by atoms with Crippen molar-refractivity contribution < 1.29 is 0 Å². The minimum absolute atomic E-state index is 0.572. The Labute approximate surface area is 132 Å². The molecule has 2 unspecified atom stereocenters. The zero-order valence-corrected chi connectivity index (χ0v) is 13.4. The highest BCUT2D eigenvalue weighted by Gasteiger charge is 2.22. The van der Waals surface area contributed by atoms with Gasteiger partial charge in [0.05, 0.1) is 0 Å². The van der Waals surface area contributed by atoms with E-state index in [9.17, 15) is 0 Å². The van der Waals surface area contributed by atoms with E-state index in [0.29, 0.717) is 12.0 Å². The van der Waals surface area contributed by atoms with Gasteiger partial charge in [-0.2, -0.15) is 0 Å². The summed E-state index contributed by atoms with van der Waals surface area (Å²) in [5.41, 5.74) is 2.97. The lowest BCUT2D eigenvalue weighted by atomic mass is 10.0. The highest BCUT2D eigenvalue weighted by molar-refractivity contribution is 7.99. The Balaban J connectivity index is 1.45. The standard InChI is InChI=1S/C19H23NS/c1-15(11-12-16-7-3-2-4-8-16)20-13-17-14-21-19-10-6-5-9-18(17)19/h2-10,15,17,20H,11-14H2,1H3. The quantitative estimate of drug-likeness (QED) is 0.843. The first-order chi connectivity index (χ1) is 10.3. The van der Waals surface area contributed by atoms with Gasteiger partial charge < -0.3 is 5.32 Å². The molecule has 0 saturated heterocycles. The second kappa shape index (κ2) is 7.15. The normalized spacial score (nSPS) is 18.4. The molecule has 2 aromatic rings. The van der Waals surface area contributed by atoms with Crippen LogP contribution in [-0.4, -0.2) is 18.3 Å². The zero-order valence-electron chi connectivity index (χ0n) is 12.6. The maximum absolute atomic E-state index is 3.72. The second-order valence-corrected chi connectivity index (χ2v) is 6.94. The number of thioether (sulfide) groups is 1. The molecular formula is C19H23NS. The van der Waals surface area contributed by atoms with Gasteiger partial charge in [0.2, 0.25) is 0 Å². The Bertz CT molecular complexity index is 567. The summed E-state index contributed by atoms with van der Waals surface area (Å²) >= 11 is 2.00. The van der Waals surface area contributed by atoms with E-state index in [1.807, 2.05) is 11.8 Å². The minimum Gasteiger partial charge on any atom is -0.314 e. The number of aryl methyl sites for hydroxylation is 1. The third-order valence-corrected chi connectivity index (χ3v) is 5.47. The third kappa shape index (κ3) is 3.90. The van der Waals surface area contributed by atoms with Gasteiger partial charge in [-0.25, -0.2) is 0 Å². The Morgan fingerprint density at radius 3 is 2.71 bits per heavy atom. The molecule has 0 radical (unpaired) electrons. The van der Waals surface area contributed by atoms with E-state index in [2.05, 4.69) is 66.8 Å². The van der Waals surface area contributed by atoms with E-state index < -0.39 is 0 Å². The zero-order chi connectivity index (χ0) is 14.5. The fraction of sp³-hybridized carbons (Fsp3) is 0.368. The van der Waals surface area contributed by atoms with Gasteiger partial charge in [-0.05, 0) is 37.0 Å². The lowest BCUT2D eigenvalue weighted by molar-refractivity contribution is 0.495. The predicted octanol–water partition coefficient (Wildman–Crippen LogP) is 4.49. The van der Waals surface area contributed by atoms with Crippen LogP contribution < -0.4 is 5.32 Å². The average molecular weight is 297 g/mol. The van der Waals surface area contributed by atoms with E-state index in [4.69, 9.17) is 0 Å². The molecule has 2 atom stereocenters. The van der Waals surface area contributed by atoms with Crippen molar-refractivity contribution in [3.05, 3.63) is 65.7 Å². The summed E-state index contributed by atoms with van der Waals surface area (Å²) in [5.74, 6) is 1.89. The number of nitrogens with one attached hydrogen (secondary N) is 1. The minimum atomic E-state index is 0.572. The van der Waals surface area contributed by atoms with Gasteiger partial charge in [0.25, 0.3) is 0 Å². The molecule has 1 heterocycles. The lowest BCUT2D eigenvalue weighted by Gasteiger charge is -2.17. The molecule has 2 heteroatoms. The molecule has 0 aliphatic carbocycles. The van der Waals surface area contributed by atoms with Gasteiger partial charge in [0.15, 0.2) is 0 Å². The number of hydrogen-bond donors (Lipinski definition) is 1. The van der Waals surface area contributed by atoms with Crippen molar-refractivity contribution >= 4 is 11.8 Å². The van der Waals surface area contributed by atoms with E-state index in [-0.39, 0.29) is 0 Å². The van der Waals surface area contributed by atoms with E-state index in [0.717, 1.165) is 13.0 Å². The van der Waals surface area contributed by atoms with Crippen molar-refractivity contribution in [2.75, 3.05) is 12.3 Å². The molecule has 0 saturated carbocycles. The van der Waals surface area contributed by atoms with Gasteiger partial charge in [-0.1, -0.05) is 48.5 Å². The van der Waals surface area contributed by atoms with Crippen LogP contribution >= 0.6 is 11.8 Å². The van der Waals surface area contributed by atoms with Crippen LogP contribution in [0.1, 0.15) is 30.4 Å². The molecule has 0 aromatic heterocycles. The van der Waals surface area contributed by atoms with Crippen molar-refractivity contribution in [1.82, 2.24) is 5.32 Å². The number of hydrogen-bond acceptors (Lipinski definition) is 2. The molecule has 21 heavy (non-hydrogen) atoms. The number of fused-ring (bicyclic) bond motifs is 1. The van der Waals surface area contributed by atoms with Gasteiger partial charge in [-0.15, -0.1) is 11.8 Å². The Morgan fingerprint density at radius 2 is 1.86 bits per heavy atom. The van der Waals surface area contributed by atoms with Crippen LogP contribution in [0.5, 0.6) is 0 Å². The van der Waals surface area contributed by atoms with Crippen molar-refractivity contribution in [3.63, 3.8) is 0 Å². The highest BCUT2D eigenvalue weighted by Crippen LogP contribution is 2.38. The molecular weight excluding hydrogens is 274 g/mol. The molecule has 1 aliphatic heterocycles. The van der Waals surface area contributed by atoms with Crippen molar-refractivity contribution in [2.45, 2.75) is 36.6 Å². The average Bonchev–Trinajstić information content (AvgIpc) is 2.95. The van der Waals surface area contributed by atoms with Crippen LogP contribution in [0.25, 0.3) is 0 Å². The van der Waals surface area contributed by atoms with Crippen LogP contribution in [0.2, 0.25) is 0 Å². The van der Waals surface area contributed by atoms with Crippen LogP contribution in [0, 0.1) is 0 Å². The summed E-state index contributed by atoms with van der Waals surface area (Å²) in [4.78, 5) is 1.47. The van der Waals surface area contributed by atoms with Crippen molar-refractivity contribution in [3.8, 4) is 0 Å². The summed E-state index contributed by atoms with van der Waals surface area (Å²) < 4.78 is 0. The summed E-state index contributed by atoms with van der Waals surface area (Å²) in [6.45, 7) is 3.40. The topological polar surface area (TPSA) is 12.0 Å². The molecule has 1 N–H and O–H groups in total. The van der Waals surface area contributed by atoms with E-state index >= 15 is 0 Å². The highest BCUT2D eigenvalue weighted by atomic mass is 32.2. The molecule has 0 bridgehead atoms. The monoisotopic (exact) mass is 297 g/mol. The molecule has 3 rings (SSSR count). The Kier molecular flexibility index (Phi) is 5.00. The SMILES string of the molecule is CC(CCc1ccccc1)NCC1CSc2ccccc21. The first-order valence-electron chi connectivity index (χ1n) is 7.82. The van der Waals surface area contributed by atoms with Gasteiger partial charge >= 0.3 is 0 Å². The van der Waals surface area contributed by atoms with Gasteiger partial charge in [-0.3, -0.25) is 0 Å². The van der Waals surface area contributed by atoms with E-state index in [1.165, 1.54) is 28.2 Å². The van der Waals surface area contributed by atoms with Gasteiger partial charge in [0.1, 0.15) is 0 Å². The van der Waals surface area contributed by atoms with Crippen molar-refractivity contribution in [1.29, 1.82) is 0 Å². The Hall–Kier alpha value is -1.25. The smallest absolute Gasteiger partial charge is 0.0108 e. The lowest BCUT2D eigenvalue weighted by Crippen LogP contribution is -2.30. The summed E-state index contributed by atoms with van der Waals surface area (Å²) in [6.07, 6.45) is 2.36. The molecule has 2 aromatic carbocycles. The Morgan fingerprint density at radius 1 is 1.10 bits per heavy atom. The molecule has 110 valence electrons.